The summed E-state index contributed by atoms with van der Waals surface area (Å²) in [5, 5.41) is 3.18. The van der Waals surface area contributed by atoms with E-state index in [9.17, 15) is 4.79 Å². The quantitative estimate of drug-likeness (QED) is 0.889. The van der Waals surface area contributed by atoms with Crippen LogP contribution in [0.5, 0.6) is 0 Å². The number of hydrogen-bond donors (Lipinski definition) is 1. The highest BCUT2D eigenvalue weighted by Crippen LogP contribution is 2.21. The molecule has 3 rings (SSSR count). The van der Waals surface area contributed by atoms with E-state index >= 15 is 0 Å². The Kier molecular flexibility index (Phi) is 5.08. The molecule has 23 heavy (non-hydrogen) atoms. The second kappa shape index (κ2) is 7.42. The molecule has 1 aromatic carbocycles. The maximum absolute atomic E-state index is 12.3. The van der Waals surface area contributed by atoms with Crippen molar-refractivity contribution in [3.8, 4) is 11.3 Å². The number of likely N-dealkylation sites (tertiary alicyclic amines) is 1. The van der Waals surface area contributed by atoms with Crippen LogP contribution in [0.1, 0.15) is 18.7 Å². The number of carbonyl (C=O) groups is 1. The van der Waals surface area contributed by atoms with Gasteiger partial charge in [0.25, 0.3) is 0 Å². The molecule has 0 bridgehead atoms. The Labute approximate surface area is 136 Å². The van der Waals surface area contributed by atoms with E-state index in [1.807, 2.05) is 42.3 Å². The first-order valence-corrected chi connectivity index (χ1v) is 8.19. The van der Waals surface area contributed by atoms with Crippen LogP contribution in [0.2, 0.25) is 0 Å². The molecule has 0 aliphatic carbocycles. The fourth-order valence-corrected chi connectivity index (χ4v) is 3.05. The van der Waals surface area contributed by atoms with Crippen molar-refractivity contribution in [1.82, 2.24) is 15.2 Å². The molecule has 0 radical (unpaired) electrons. The number of nitrogens with zero attached hydrogens (tertiary/aromatic N) is 2. The molecule has 1 aliphatic rings. The predicted octanol–water partition coefficient (Wildman–Crippen LogP) is 2.34. The Balaban J connectivity index is 1.51. The highest BCUT2D eigenvalue weighted by molar-refractivity contribution is 5.76. The van der Waals surface area contributed by atoms with Crippen molar-refractivity contribution >= 4 is 5.91 Å². The second-order valence-electron chi connectivity index (χ2n) is 6.04. The number of rotatable bonds is 6. The smallest absolute Gasteiger partial charge is 0.223 e. The summed E-state index contributed by atoms with van der Waals surface area (Å²) in [6, 6.07) is 9.88. The van der Waals surface area contributed by atoms with Gasteiger partial charge in [0.05, 0.1) is 6.20 Å². The highest BCUT2D eigenvalue weighted by atomic mass is 16.4. The van der Waals surface area contributed by atoms with Crippen molar-refractivity contribution in [3.63, 3.8) is 0 Å². The summed E-state index contributed by atoms with van der Waals surface area (Å²) in [5.41, 5.74) is 1.01. The largest absolute Gasteiger partial charge is 0.441 e. The van der Waals surface area contributed by atoms with Crippen molar-refractivity contribution in [2.24, 2.45) is 5.92 Å². The summed E-state index contributed by atoms with van der Waals surface area (Å²) in [5.74, 6) is 2.16. The van der Waals surface area contributed by atoms with Crippen molar-refractivity contribution in [2.45, 2.75) is 19.3 Å². The fraction of sp³-hybridized carbons (Fsp3) is 0.444. The van der Waals surface area contributed by atoms with E-state index in [4.69, 9.17) is 4.42 Å². The van der Waals surface area contributed by atoms with E-state index in [1.54, 1.807) is 6.20 Å². The molecule has 122 valence electrons. The van der Waals surface area contributed by atoms with Crippen LogP contribution < -0.4 is 5.32 Å². The van der Waals surface area contributed by atoms with Gasteiger partial charge in [-0.15, -0.1) is 0 Å². The Bertz CT molecular complexity index is 639. The van der Waals surface area contributed by atoms with Crippen LogP contribution in [0.15, 0.2) is 40.9 Å². The zero-order chi connectivity index (χ0) is 16.1. The van der Waals surface area contributed by atoms with Crippen LogP contribution >= 0.6 is 0 Å². The number of hydrogen-bond acceptors (Lipinski definition) is 4. The van der Waals surface area contributed by atoms with Gasteiger partial charge in [-0.1, -0.05) is 30.3 Å². The minimum atomic E-state index is 0.197. The number of nitrogens with one attached hydrogen (secondary N) is 1. The lowest BCUT2D eigenvalue weighted by Gasteiger charge is -2.16. The third-order valence-corrected chi connectivity index (χ3v) is 4.30. The molecule has 1 amide bonds. The summed E-state index contributed by atoms with van der Waals surface area (Å²) < 4.78 is 5.75. The summed E-state index contributed by atoms with van der Waals surface area (Å²) in [4.78, 5) is 18.5. The molecular formula is C18H23N3O2. The molecule has 0 spiro atoms. The van der Waals surface area contributed by atoms with E-state index < -0.39 is 0 Å². The summed E-state index contributed by atoms with van der Waals surface area (Å²) in [6.07, 6.45) is 3.83. The Morgan fingerprint density at radius 2 is 2.22 bits per heavy atom. The molecule has 5 heteroatoms. The zero-order valence-corrected chi connectivity index (χ0v) is 13.5. The molecule has 1 aliphatic heterocycles. The lowest BCUT2D eigenvalue weighted by Crippen LogP contribution is -2.30. The third-order valence-electron chi connectivity index (χ3n) is 4.30. The Morgan fingerprint density at radius 3 is 3.00 bits per heavy atom. The average molecular weight is 313 g/mol. The minimum absolute atomic E-state index is 0.197. The van der Waals surface area contributed by atoms with Crippen LogP contribution in [0.25, 0.3) is 11.3 Å². The maximum Gasteiger partial charge on any atom is 0.223 e. The van der Waals surface area contributed by atoms with Gasteiger partial charge in [0.15, 0.2) is 11.7 Å². The number of aromatic nitrogens is 1. The van der Waals surface area contributed by atoms with Crippen molar-refractivity contribution < 1.29 is 9.21 Å². The van der Waals surface area contributed by atoms with Gasteiger partial charge in [-0.2, -0.15) is 0 Å². The van der Waals surface area contributed by atoms with Gasteiger partial charge >= 0.3 is 0 Å². The van der Waals surface area contributed by atoms with Crippen LogP contribution in [0.4, 0.5) is 0 Å². The van der Waals surface area contributed by atoms with E-state index in [0.29, 0.717) is 24.7 Å². The van der Waals surface area contributed by atoms with Crippen LogP contribution in [-0.4, -0.2) is 42.5 Å². The van der Waals surface area contributed by atoms with Crippen LogP contribution in [0.3, 0.4) is 0 Å². The van der Waals surface area contributed by atoms with Crippen LogP contribution in [0, 0.1) is 5.92 Å². The monoisotopic (exact) mass is 313 g/mol. The van der Waals surface area contributed by atoms with Crippen LogP contribution in [-0.2, 0) is 11.2 Å². The SMILES string of the molecule is CNCC1CCN(C(=O)CCc2ncc(-c3ccccc3)o2)C1. The van der Waals surface area contributed by atoms with Gasteiger partial charge < -0.3 is 14.6 Å². The first-order chi connectivity index (χ1) is 11.3. The van der Waals surface area contributed by atoms with Gasteiger partial charge in [-0.25, -0.2) is 4.98 Å². The maximum atomic E-state index is 12.3. The molecule has 1 N–H and O–H groups in total. The van der Waals surface area contributed by atoms with Gasteiger partial charge in [-0.3, -0.25) is 4.79 Å². The molecule has 5 nitrogen and oxygen atoms in total. The summed E-state index contributed by atoms with van der Waals surface area (Å²) in [6.45, 7) is 2.70. The Morgan fingerprint density at radius 1 is 1.39 bits per heavy atom. The van der Waals surface area contributed by atoms with E-state index in [0.717, 1.165) is 37.4 Å². The number of carbonyl (C=O) groups excluding carboxylic acids is 1. The lowest BCUT2D eigenvalue weighted by molar-refractivity contribution is -0.130. The number of benzene rings is 1. The van der Waals surface area contributed by atoms with Gasteiger partial charge in [0.1, 0.15) is 0 Å². The molecule has 2 heterocycles. The van der Waals surface area contributed by atoms with Crippen molar-refractivity contribution in [1.29, 1.82) is 0 Å². The minimum Gasteiger partial charge on any atom is -0.441 e. The fourth-order valence-electron chi connectivity index (χ4n) is 3.05. The normalized spacial score (nSPS) is 17.6. The van der Waals surface area contributed by atoms with Crippen molar-refractivity contribution in [3.05, 3.63) is 42.4 Å². The number of amides is 1. The standard InChI is InChI=1S/C18H23N3O2/c1-19-11-14-9-10-21(13-14)18(22)8-7-17-20-12-16(23-17)15-5-3-2-4-6-15/h2-6,12,14,19H,7-11,13H2,1H3. The third kappa shape index (κ3) is 3.99. The molecule has 0 saturated carbocycles. The average Bonchev–Trinajstić information content (AvgIpc) is 3.23. The van der Waals surface area contributed by atoms with E-state index in [-0.39, 0.29) is 5.91 Å². The number of aryl methyl sites for hydroxylation is 1. The molecular weight excluding hydrogens is 290 g/mol. The molecule has 2 aromatic rings. The lowest BCUT2D eigenvalue weighted by atomic mass is 10.1. The van der Waals surface area contributed by atoms with E-state index in [1.165, 1.54) is 0 Å². The summed E-state index contributed by atoms with van der Waals surface area (Å²) >= 11 is 0. The molecule has 1 atom stereocenters. The number of oxazole rings is 1. The van der Waals surface area contributed by atoms with Gasteiger partial charge in [0.2, 0.25) is 5.91 Å². The topological polar surface area (TPSA) is 58.4 Å². The van der Waals surface area contributed by atoms with Crippen molar-refractivity contribution in [2.75, 3.05) is 26.7 Å². The highest BCUT2D eigenvalue weighted by Gasteiger charge is 2.25. The van der Waals surface area contributed by atoms with E-state index in [2.05, 4.69) is 10.3 Å². The molecule has 1 fully saturated rings. The van der Waals surface area contributed by atoms with Gasteiger partial charge in [-0.05, 0) is 25.9 Å². The van der Waals surface area contributed by atoms with Gasteiger partial charge in [0, 0.05) is 31.5 Å². The first kappa shape index (κ1) is 15.7. The second-order valence-corrected chi connectivity index (χ2v) is 6.04. The zero-order valence-electron chi connectivity index (χ0n) is 13.5. The summed E-state index contributed by atoms with van der Waals surface area (Å²) in [7, 11) is 1.96. The first-order valence-electron chi connectivity index (χ1n) is 8.19. The predicted molar refractivity (Wildman–Crippen MR) is 88.9 cm³/mol. The Hall–Kier alpha value is -2.14. The molecule has 1 aromatic heterocycles. The molecule has 1 saturated heterocycles. The molecule has 1 unspecified atom stereocenters.